The Labute approximate surface area is 122 Å². The minimum absolute atomic E-state index is 0.295. The first-order valence-electron chi connectivity index (χ1n) is 5.96. The van der Waals surface area contributed by atoms with Crippen molar-refractivity contribution in [3.8, 4) is 5.75 Å². The van der Waals surface area contributed by atoms with Crippen molar-refractivity contribution in [1.29, 1.82) is 0 Å². The number of fused-ring (bicyclic) bond motifs is 4. The molecule has 2 nitrogen and oxygen atoms in total. The second-order valence-electron chi connectivity index (χ2n) is 4.57. The average molecular weight is 360 g/mol. The zero-order chi connectivity index (χ0) is 13.0. The first kappa shape index (κ1) is 11.1. The topological polar surface area (TPSA) is 33.4 Å². The highest BCUT2D eigenvalue weighted by Gasteiger charge is 2.13. The van der Waals surface area contributed by atoms with Gasteiger partial charge in [0.05, 0.1) is 3.57 Å². The molecule has 0 atom stereocenters. The minimum Gasteiger partial charge on any atom is -0.507 e. The molecular formula is C16H9IO2. The fraction of sp³-hybridized carbons (Fsp3) is 0. The number of halogens is 1. The van der Waals surface area contributed by atoms with Crippen molar-refractivity contribution >= 4 is 55.3 Å². The number of aromatic hydroxyl groups is 1. The van der Waals surface area contributed by atoms with Crippen LogP contribution < -0.4 is 0 Å². The molecule has 0 aliphatic rings. The Morgan fingerprint density at radius 1 is 0.895 bits per heavy atom. The van der Waals surface area contributed by atoms with E-state index in [0.29, 0.717) is 5.75 Å². The summed E-state index contributed by atoms with van der Waals surface area (Å²) in [5, 5.41) is 14.2. The van der Waals surface area contributed by atoms with Gasteiger partial charge in [-0.05, 0) is 57.6 Å². The van der Waals surface area contributed by atoms with E-state index in [1.165, 1.54) is 5.39 Å². The van der Waals surface area contributed by atoms with Crippen LogP contribution in [-0.2, 0) is 0 Å². The third kappa shape index (κ3) is 1.54. The van der Waals surface area contributed by atoms with Crippen LogP contribution in [0.1, 0.15) is 0 Å². The molecule has 0 radical (unpaired) electrons. The van der Waals surface area contributed by atoms with Crippen molar-refractivity contribution < 1.29 is 9.52 Å². The van der Waals surface area contributed by atoms with Crippen LogP contribution in [0.25, 0.3) is 32.7 Å². The first-order chi connectivity index (χ1) is 9.24. The van der Waals surface area contributed by atoms with Gasteiger partial charge in [0.15, 0.2) is 0 Å². The van der Waals surface area contributed by atoms with Crippen LogP contribution in [0, 0.1) is 3.57 Å². The fourth-order valence-corrected chi connectivity index (χ4v) is 3.24. The van der Waals surface area contributed by atoms with E-state index >= 15 is 0 Å². The third-order valence-corrected chi connectivity index (χ3v) is 4.51. The summed E-state index contributed by atoms with van der Waals surface area (Å²) in [7, 11) is 0. The van der Waals surface area contributed by atoms with Gasteiger partial charge >= 0.3 is 0 Å². The van der Waals surface area contributed by atoms with E-state index in [4.69, 9.17) is 4.42 Å². The van der Waals surface area contributed by atoms with Crippen LogP contribution in [0.3, 0.4) is 0 Å². The van der Waals surface area contributed by atoms with Crippen LogP contribution in [-0.4, -0.2) is 5.11 Å². The number of hydrogen-bond acceptors (Lipinski definition) is 2. The van der Waals surface area contributed by atoms with Crippen molar-refractivity contribution in [3.05, 3.63) is 52.1 Å². The summed E-state index contributed by atoms with van der Waals surface area (Å²) in [6.07, 6.45) is 0. The van der Waals surface area contributed by atoms with Gasteiger partial charge in [-0.1, -0.05) is 24.3 Å². The number of phenolic OH excluding ortho intramolecular Hbond substituents is 1. The second kappa shape index (κ2) is 3.87. The molecule has 0 fully saturated rings. The Bertz CT molecular complexity index is 938. The molecule has 0 aliphatic carbocycles. The minimum atomic E-state index is 0.295. The quantitative estimate of drug-likeness (QED) is 0.445. The van der Waals surface area contributed by atoms with Crippen LogP contribution in [0.2, 0.25) is 0 Å². The molecule has 0 bridgehead atoms. The largest absolute Gasteiger partial charge is 0.507 e. The molecule has 3 heteroatoms. The smallest absolute Gasteiger partial charge is 0.136 e. The van der Waals surface area contributed by atoms with E-state index in [9.17, 15) is 5.11 Å². The summed E-state index contributed by atoms with van der Waals surface area (Å²) in [6.45, 7) is 0. The van der Waals surface area contributed by atoms with Gasteiger partial charge < -0.3 is 9.52 Å². The van der Waals surface area contributed by atoms with Gasteiger partial charge in [0.2, 0.25) is 0 Å². The normalized spacial score (nSPS) is 11.6. The molecule has 0 saturated carbocycles. The summed E-state index contributed by atoms with van der Waals surface area (Å²) in [5.41, 5.74) is 1.67. The molecule has 1 heterocycles. The Balaban J connectivity index is 2.28. The molecule has 3 aromatic carbocycles. The molecule has 92 valence electrons. The summed E-state index contributed by atoms with van der Waals surface area (Å²) in [4.78, 5) is 0. The number of rotatable bonds is 0. The standard InChI is InChI=1S/C16H9IO2/c17-16-12(18)5-6-13-15(16)11-7-9-3-1-2-4-10(9)8-14(11)19-13/h1-8,18H. The highest BCUT2D eigenvalue weighted by molar-refractivity contribution is 14.1. The zero-order valence-corrected chi connectivity index (χ0v) is 12.0. The zero-order valence-electron chi connectivity index (χ0n) is 9.85. The monoisotopic (exact) mass is 360 g/mol. The van der Waals surface area contributed by atoms with E-state index in [-0.39, 0.29) is 0 Å². The average Bonchev–Trinajstić information content (AvgIpc) is 2.78. The number of phenols is 1. The fourth-order valence-electron chi connectivity index (χ4n) is 2.50. The molecular weight excluding hydrogens is 351 g/mol. The van der Waals surface area contributed by atoms with Gasteiger partial charge in [-0.25, -0.2) is 0 Å². The van der Waals surface area contributed by atoms with Crippen LogP contribution >= 0.6 is 22.6 Å². The Kier molecular flexibility index (Phi) is 2.26. The van der Waals surface area contributed by atoms with Gasteiger partial charge in [0, 0.05) is 10.8 Å². The van der Waals surface area contributed by atoms with Crippen molar-refractivity contribution in [2.24, 2.45) is 0 Å². The van der Waals surface area contributed by atoms with Gasteiger partial charge in [0.25, 0.3) is 0 Å². The van der Waals surface area contributed by atoms with Crippen LogP contribution in [0.15, 0.2) is 52.9 Å². The molecule has 4 rings (SSSR count). The number of furan rings is 1. The lowest BCUT2D eigenvalue weighted by Crippen LogP contribution is -1.76. The third-order valence-electron chi connectivity index (χ3n) is 3.42. The molecule has 1 N–H and O–H groups in total. The van der Waals surface area contributed by atoms with E-state index in [2.05, 4.69) is 46.9 Å². The molecule has 4 aromatic rings. The summed E-state index contributed by atoms with van der Waals surface area (Å²) < 4.78 is 6.72. The number of hydrogen-bond donors (Lipinski definition) is 1. The van der Waals surface area contributed by atoms with E-state index in [1.54, 1.807) is 6.07 Å². The summed E-state index contributed by atoms with van der Waals surface area (Å²) in [5.74, 6) is 0.295. The Morgan fingerprint density at radius 2 is 1.63 bits per heavy atom. The molecule has 0 spiro atoms. The lowest BCUT2D eigenvalue weighted by molar-refractivity contribution is 0.472. The lowest BCUT2D eigenvalue weighted by atomic mass is 10.1. The van der Waals surface area contributed by atoms with Crippen molar-refractivity contribution in [1.82, 2.24) is 0 Å². The van der Waals surface area contributed by atoms with Gasteiger partial charge in [-0.15, -0.1) is 0 Å². The molecule has 0 saturated heterocycles. The SMILES string of the molecule is Oc1ccc2oc3cc4ccccc4cc3c2c1I. The Hall–Kier alpha value is -1.75. The lowest BCUT2D eigenvalue weighted by Gasteiger charge is -1.99. The molecule has 0 unspecified atom stereocenters. The van der Waals surface area contributed by atoms with Gasteiger partial charge in [0.1, 0.15) is 16.9 Å². The van der Waals surface area contributed by atoms with Crippen LogP contribution in [0.5, 0.6) is 5.75 Å². The van der Waals surface area contributed by atoms with Crippen LogP contribution in [0.4, 0.5) is 0 Å². The molecule has 0 amide bonds. The van der Waals surface area contributed by atoms with E-state index in [1.807, 2.05) is 18.2 Å². The first-order valence-corrected chi connectivity index (χ1v) is 7.04. The predicted octanol–water partition coefficient (Wildman–Crippen LogP) is 5.05. The maximum absolute atomic E-state index is 9.86. The molecule has 0 aliphatic heterocycles. The Morgan fingerprint density at radius 3 is 2.42 bits per heavy atom. The van der Waals surface area contributed by atoms with Crippen molar-refractivity contribution in [2.75, 3.05) is 0 Å². The highest BCUT2D eigenvalue weighted by Crippen LogP contribution is 2.37. The van der Waals surface area contributed by atoms with Gasteiger partial charge in [-0.2, -0.15) is 0 Å². The van der Waals surface area contributed by atoms with Gasteiger partial charge in [-0.3, -0.25) is 0 Å². The van der Waals surface area contributed by atoms with Crippen molar-refractivity contribution in [3.63, 3.8) is 0 Å². The second-order valence-corrected chi connectivity index (χ2v) is 5.65. The molecule has 1 aromatic heterocycles. The predicted molar refractivity (Wildman–Crippen MR) is 85.6 cm³/mol. The molecule has 19 heavy (non-hydrogen) atoms. The number of benzene rings is 3. The highest BCUT2D eigenvalue weighted by atomic mass is 127. The summed E-state index contributed by atoms with van der Waals surface area (Å²) in [6, 6.07) is 15.9. The summed E-state index contributed by atoms with van der Waals surface area (Å²) >= 11 is 2.16. The van der Waals surface area contributed by atoms with E-state index < -0.39 is 0 Å². The maximum Gasteiger partial charge on any atom is 0.136 e. The van der Waals surface area contributed by atoms with Crippen molar-refractivity contribution in [2.45, 2.75) is 0 Å². The maximum atomic E-state index is 9.86. The van der Waals surface area contributed by atoms with E-state index in [0.717, 1.165) is 30.9 Å².